The fraction of sp³-hybridized carbons (Fsp3) is 0.909. The van der Waals surface area contributed by atoms with Gasteiger partial charge in [-0.15, -0.1) is 11.6 Å². The standard InChI is InChI=1S/C11H20ClNO3/c1-15-6-7-16-9-11(14)13-5-3-10(8-13)2-4-12/h10H,2-9H2,1H3. The summed E-state index contributed by atoms with van der Waals surface area (Å²) in [6, 6.07) is 0. The molecular formula is C11H20ClNO3. The molecular weight excluding hydrogens is 230 g/mol. The van der Waals surface area contributed by atoms with Crippen molar-refractivity contribution in [3.05, 3.63) is 0 Å². The van der Waals surface area contributed by atoms with E-state index in [0.29, 0.717) is 25.0 Å². The average molecular weight is 250 g/mol. The molecule has 0 aromatic rings. The van der Waals surface area contributed by atoms with Gasteiger partial charge in [-0.1, -0.05) is 0 Å². The summed E-state index contributed by atoms with van der Waals surface area (Å²) >= 11 is 5.69. The van der Waals surface area contributed by atoms with Gasteiger partial charge >= 0.3 is 0 Å². The molecule has 1 unspecified atom stereocenters. The van der Waals surface area contributed by atoms with E-state index in [1.165, 1.54) is 0 Å². The molecule has 16 heavy (non-hydrogen) atoms. The summed E-state index contributed by atoms with van der Waals surface area (Å²) < 4.78 is 10.0. The van der Waals surface area contributed by atoms with E-state index < -0.39 is 0 Å². The van der Waals surface area contributed by atoms with E-state index in [4.69, 9.17) is 21.1 Å². The van der Waals surface area contributed by atoms with Gasteiger partial charge in [0.15, 0.2) is 0 Å². The SMILES string of the molecule is COCCOCC(=O)N1CCC(CCCl)C1. The van der Waals surface area contributed by atoms with Crippen molar-refractivity contribution in [2.75, 3.05) is 45.9 Å². The number of rotatable bonds is 7. The first-order chi connectivity index (χ1) is 7.77. The van der Waals surface area contributed by atoms with E-state index in [9.17, 15) is 4.79 Å². The van der Waals surface area contributed by atoms with Crippen LogP contribution in [0.3, 0.4) is 0 Å². The van der Waals surface area contributed by atoms with Gasteiger partial charge < -0.3 is 14.4 Å². The highest BCUT2D eigenvalue weighted by atomic mass is 35.5. The van der Waals surface area contributed by atoms with Gasteiger partial charge in [0.05, 0.1) is 13.2 Å². The zero-order chi connectivity index (χ0) is 11.8. The molecule has 94 valence electrons. The van der Waals surface area contributed by atoms with Crippen LogP contribution in [-0.2, 0) is 14.3 Å². The molecule has 0 bridgehead atoms. The molecule has 0 saturated carbocycles. The van der Waals surface area contributed by atoms with E-state index in [1.807, 2.05) is 4.90 Å². The maximum atomic E-state index is 11.7. The van der Waals surface area contributed by atoms with Crippen LogP contribution in [0.5, 0.6) is 0 Å². The van der Waals surface area contributed by atoms with Crippen molar-refractivity contribution in [1.29, 1.82) is 0 Å². The highest BCUT2D eigenvalue weighted by Crippen LogP contribution is 2.19. The van der Waals surface area contributed by atoms with E-state index in [-0.39, 0.29) is 12.5 Å². The number of amides is 1. The van der Waals surface area contributed by atoms with Crippen LogP contribution in [0, 0.1) is 5.92 Å². The normalized spacial score (nSPS) is 20.4. The zero-order valence-corrected chi connectivity index (χ0v) is 10.5. The topological polar surface area (TPSA) is 38.8 Å². The van der Waals surface area contributed by atoms with Gasteiger partial charge in [0, 0.05) is 26.1 Å². The van der Waals surface area contributed by atoms with Gasteiger partial charge in [-0.05, 0) is 18.8 Å². The molecule has 0 N–H and O–H groups in total. The Balaban J connectivity index is 2.13. The molecule has 1 atom stereocenters. The van der Waals surface area contributed by atoms with Crippen LogP contribution in [0.25, 0.3) is 0 Å². The minimum Gasteiger partial charge on any atom is -0.382 e. The lowest BCUT2D eigenvalue weighted by molar-refractivity contribution is -0.135. The Kier molecular flexibility index (Phi) is 6.76. The van der Waals surface area contributed by atoms with E-state index in [1.54, 1.807) is 7.11 Å². The zero-order valence-electron chi connectivity index (χ0n) is 9.78. The Morgan fingerprint density at radius 3 is 3.00 bits per heavy atom. The number of methoxy groups -OCH3 is 1. The van der Waals surface area contributed by atoms with Crippen molar-refractivity contribution in [2.24, 2.45) is 5.92 Å². The lowest BCUT2D eigenvalue weighted by Crippen LogP contribution is -2.32. The first-order valence-corrected chi connectivity index (χ1v) is 6.21. The third-order valence-electron chi connectivity index (χ3n) is 2.81. The van der Waals surface area contributed by atoms with Crippen LogP contribution >= 0.6 is 11.6 Å². The molecule has 0 spiro atoms. The first-order valence-electron chi connectivity index (χ1n) is 5.68. The quantitative estimate of drug-likeness (QED) is 0.502. The predicted molar refractivity (Wildman–Crippen MR) is 62.7 cm³/mol. The molecule has 1 heterocycles. The second-order valence-corrected chi connectivity index (χ2v) is 4.40. The Bertz CT molecular complexity index is 213. The molecule has 1 rings (SSSR count). The molecule has 1 amide bonds. The summed E-state index contributed by atoms with van der Waals surface area (Å²) in [5, 5.41) is 0. The summed E-state index contributed by atoms with van der Waals surface area (Å²) in [6.45, 7) is 2.84. The number of ether oxygens (including phenoxy) is 2. The number of likely N-dealkylation sites (tertiary alicyclic amines) is 1. The highest BCUT2D eigenvalue weighted by molar-refractivity contribution is 6.17. The van der Waals surface area contributed by atoms with Gasteiger partial charge in [-0.3, -0.25) is 4.79 Å². The van der Waals surface area contributed by atoms with Crippen molar-refractivity contribution >= 4 is 17.5 Å². The number of alkyl halides is 1. The van der Waals surface area contributed by atoms with E-state index in [2.05, 4.69) is 0 Å². The maximum absolute atomic E-state index is 11.7. The number of carbonyl (C=O) groups is 1. The van der Waals surface area contributed by atoms with Crippen molar-refractivity contribution < 1.29 is 14.3 Å². The molecule has 1 fully saturated rings. The molecule has 1 aliphatic heterocycles. The third-order valence-corrected chi connectivity index (χ3v) is 3.03. The van der Waals surface area contributed by atoms with Crippen LogP contribution in [-0.4, -0.2) is 56.7 Å². The monoisotopic (exact) mass is 249 g/mol. The molecule has 0 radical (unpaired) electrons. The van der Waals surface area contributed by atoms with Crippen LogP contribution in [0.1, 0.15) is 12.8 Å². The Morgan fingerprint density at radius 2 is 2.31 bits per heavy atom. The Hall–Kier alpha value is -0.320. The fourth-order valence-corrected chi connectivity index (χ4v) is 2.15. The first kappa shape index (κ1) is 13.7. The third kappa shape index (κ3) is 4.68. The van der Waals surface area contributed by atoms with Crippen LogP contribution < -0.4 is 0 Å². The predicted octanol–water partition coefficient (Wildman–Crippen LogP) is 1.13. The highest BCUT2D eigenvalue weighted by Gasteiger charge is 2.25. The van der Waals surface area contributed by atoms with Crippen molar-refractivity contribution in [3.8, 4) is 0 Å². The van der Waals surface area contributed by atoms with Gasteiger partial charge in [-0.2, -0.15) is 0 Å². The summed E-state index contributed by atoms with van der Waals surface area (Å²) in [6.07, 6.45) is 2.06. The molecule has 4 nitrogen and oxygen atoms in total. The number of hydrogen-bond donors (Lipinski definition) is 0. The summed E-state index contributed by atoms with van der Waals surface area (Å²) in [5.74, 6) is 1.32. The maximum Gasteiger partial charge on any atom is 0.248 e. The molecule has 0 aromatic carbocycles. The van der Waals surface area contributed by atoms with Gasteiger partial charge in [0.25, 0.3) is 0 Å². The van der Waals surface area contributed by atoms with Gasteiger partial charge in [0.2, 0.25) is 5.91 Å². The van der Waals surface area contributed by atoms with E-state index in [0.717, 1.165) is 25.9 Å². The Morgan fingerprint density at radius 1 is 1.50 bits per heavy atom. The average Bonchev–Trinajstić information content (AvgIpc) is 2.73. The smallest absolute Gasteiger partial charge is 0.248 e. The largest absolute Gasteiger partial charge is 0.382 e. The molecule has 1 aliphatic rings. The molecule has 1 saturated heterocycles. The van der Waals surface area contributed by atoms with Crippen molar-refractivity contribution in [2.45, 2.75) is 12.8 Å². The van der Waals surface area contributed by atoms with Gasteiger partial charge in [0.1, 0.15) is 6.61 Å². The minimum atomic E-state index is 0.0770. The number of halogens is 1. The number of nitrogens with zero attached hydrogens (tertiary/aromatic N) is 1. The van der Waals surface area contributed by atoms with Crippen LogP contribution in [0.15, 0.2) is 0 Å². The lowest BCUT2D eigenvalue weighted by atomic mass is 10.1. The summed E-state index contributed by atoms with van der Waals surface area (Å²) in [4.78, 5) is 13.6. The number of hydrogen-bond acceptors (Lipinski definition) is 3. The lowest BCUT2D eigenvalue weighted by Gasteiger charge is -2.16. The van der Waals surface area contributed by atoms with E-state index >= 15 is 0 Å². The Labute approximate surface area is 102 Å². The number of carbonyl (C=O) groups excluding carboxylic acids is 1. The minimum absolute atomic E-state index is 0.0770. The second kappa shape index (κ2) is 7.87. The fourth-order valence-electron chi connectivity index (χ4n) is 1.84. The summed E-state index contributed by atoms with van der Waals surface area (Å²) in [7, 11) is 1.61. The van der Waals surface area contributed by atoms with Crippen molar-refractivity contribution in [1.82, 2.24) is 4.90 Å². The molecule has 5 heteroatoms. The van der Waals surface area contributed by atoms with Crippen LogP contribution in [0.2, 0.25) is 0 Å². The molecule has 0 aliphatic carbocycles. The van der Waals surface area contributed by atoms with Crippen LogP contribution in [0.4, 0.5) is 0 Å². The van der Waals surface area contributed by atoms with Gasteiger partial charge in [-0.25, -0.2) is 0 Å². The molecule has 0 aromatic heterocycles. The van der Waals surface area contributed by atoms with Crippen molar-refractivity contribution in [3.63, 3.8) is 0 Å². The summed E-state index contributed by atoms with van der Waals surface area (Å²) in [5.41, 5.74) is 0. The second-order valence-electron chi connectivity index (χ2n) is 4.02.